The molecule has 1 aromatic carbocycles. The molecule has 0 fully saturated rings. The Bertz CT molecular complexity index is 569. The van der Waals surface area contributed by atoms with Crippen LogP contribution in [0.4, 0.5) is 0 Å². The Morgan fingerprint density at radius 1 is 1.35 bits per heavy atom. The van der Waals surface area contributed by atoms with Crippen molar-refractivity contribution in [1.29, 1.82) is 0 Å². The van der Waals surface area contributed by atoms with Gasteiger partial charge in [0, 0.05) is 35.4 Å². The zero-order chi connectivity index (χ0) is 14.4. The second-order valence-electron chi connectivity index (χ2n) is 4.22. The minimum Gasteiger partial charge on any atom is -0.356 e. The van der Waals surface area contributed by atoms with E-state index in [0.29, 0.717) is 18.7 Å². The van der Waals surface area contributed by atoms with Gasteiger partial charge in [-0.2, -0.15) is 12.6 Å². The largest absolute Gasteiger partial charge is 0.356 e. The van der Waals surface area contributed by atoms with Crippen LogP contribution < -0.4 is 5.32 Å². The lowest BCUT2D eigenvalue weighted by Gasteiger charge is -2.01. The molecule has 0 saturated carbocycles. The van der Waals surface area contributed by atoms with Gasteiger partial charge in [-0.15, -0.1) is 11.3 Å². The minimum absolute atomic E-state index is 0.0353. The van der Waals surface area contributed by atoms with Crippen molar-refractivity contribution < 1.29 is 4.79 Å². The van der Waals surface area contributed by atoms with Gasteiger partial charge in [-0.25, -0.2) is 4.98 Å². The Balaban J connectivity index is 1.89. The average Bonchev–Trinajstić information content (AvgIpc) is 2.89. The van der Waals surface area contributed by atoms with E-state index in [4.69, 9.17) is 11.6 Å². The van der Waals surface area contributed by atoms with Crippen molar-refractivity contribution in [2.45, 2.75) is 12.8 Å². The number of carbonyl (C=O) groups excluding carboxylic acids is 1. The second-order valence-corrected chi connectivity index (χ2v) is 5.97. The topological polar surface area (TPSA) is 42.0 Å². The molecule has 106 valence electrons. The summed E-state index contributed by atoms with van der Waals surface area (Å²) in [7, 11) is 0. The van der Waals surface area contributed by atoms with Gasteiger partial charge >= 0.3 is 0 Å². The first-order valence-corrected chi connectivity index (χ1v) is 8.16. The summed E-state index contributed by atoms with van der Waals surface area (Å²) < 4.78 is 0. The van der Waals surface area contributed by atoms with E-state index in [-0.39, 0.29) is 5.91 Å². The van der Waals surface area contributed by atoms with Crippen LogP contribution in [0.3, 0.4) is 0 Å². The quantitative estimate of drug-likeness (QED) is 0.798. The number of nitrogens with one attached hydrogen (secondary N) is 1. The number of rotatable bonds is 6. The molecule has 0 aliphatic rings. The highest BCUT2D eigenvalue weighted by Gasteiger charge is 2.05. The Morgan fingerprint density at radius 2 is 2.10 bits per heavy atom. The Labute approximate surface area is 132 Å². The normalized spacial score (nSPS) is 10.5. The summed E-state index contributed by atoms with van der Waals surface area (Å²) in [5.74, 6) is 0.608. The number of halogens is 1. The summed E-state index contributed by atoms with van der Waals surface area (Å²) >= 11 is 11.5. The second kappa shape index (κ2) is 7.67. The lowest BCUT2D eigenvalue weighted by molar-refractivity contribution is -0.120. The predicted octanol–water partition coefficient (Wildman–Crippen LogP) is 3.44. The summed E-state index contributed by atoms with van der Waals surface area (Å²) in [5.41, 5.74) is 2.05. The summed E-state index contributed by atoms with van der Waals surface area (Å²) in [6.07, 6.45) is 1.19. The number of hydrogen-bond donors (Lipinski definition) is 2. The van der Waals surface area contributed by atoms with Crippen LogP contribution in [0.25, 0.3) is 10.6 Å². The molecule has 20 heavy (non-hydrogen) atoms. The molecule has 1 heterocycles. The third kappa shape index (κ3) is 4.51. The summed E-state index contributed by atoms with van der Waals surface area (Å²) in [4.78, 5) is 15.9. The molecule has 0 unspecified atom stereocenters. The van der Waals surface area contributed by atoms with Crippen LogP contribution in [0.2, 0.25) is 5.02 Å². The first-order valence-electron chi connectivity index (χ1n) is 6.27. The predicted molar refractivity (Wildman–Crippen MR) is 87.7 cm³/mol. The number of hydrogen-bond acceptors (Lipinski definition) is 4. The lowest BCUT2D eigenvalue weighted by atomic mass is 10.2. The average molecular weight is 327 g/mol. The molecule has 0 aliphatic heterocycles. The third-order valence-corrected chi connectivity index (χ3v) is 4.10. The maximum Gasteiger partial charge on any atom is 0.220 e. The van der Waals surface area contributed by atoms with Gasteiger partial charge in [0.1, 0.15) is 5.01 Å². The first kappa shape index (κ1) is 15.4. The van der Waals surface area contributed by atoms with E-state index in [0.717, 1.165) is 27.7 Å². The van der Waals surface area contributed by atoms with Gasteiger partial charge in [-0.1, -0.05) is 23.7 Å². The summed E-state index contributed by atoms with van der Waals surface area (Å²) in [6, 6.07) is 7.63. The number of thiazole rings is 1. The van der Waals surface area contributed by atoms with Crippen molar-refractivity contribution in [3.05, 3.63) is 40.4 Å². The van der Waals surface area contributed by atoms with Gasteiger partial charge in [-0.3, -0.25) is 4.79 Å². The fourth-order valence-corrected chi connectivity index (χ4v) is 2.86. The molecule has 2 rings (SSSR count). The highest BCUT2D eigenvalue weighted by molar-refractivity contribution is 7.80. The van der Waals surface area contributed by atoms with Crippen LogP contribution in [-0.2, 0) is 11.2 Å². The van der Waals surface area contributed by atoms with Gasteiger partial charge in [0.15, 0.2) is 0 Å². The van der Waals surface area contributed by atoms with E-state index in [1.54, 1.807) is 11.3 Å². The number of amides is 1. The van der Waals surface area contributed by atoms with Crippen molar-refractivity contribution in [2.75, 3.05) is 12.3 Å². The number of nitrogens with zero attached hydrogens (tertiary/aromatic N) is 1. The zero-order valence-electron chi connectivity index (χ0n) is 10.8. The molecule has 0 bridgehead atoms. The summed E-state index contributed by atoms with van der Waals surface area (Å²) in [5, 5.41) is 6.56. The molecule has 1 amide bonds. The Kier molecular flexibility index (Phi) is 5.88. The molecule has 0 radical (unpaired) electrons. The maximum absolute atomic E-state index is 11.3. The smallest absolute Gasteiger partial charge is 0.220 e. The van der Waals surface area contributed by atoms with Crippen LogP contribution in [0.5, 0.6) is 0 Å². The summed E-state index contributed by atoms with van der Waals surface area (Å²) in [6.45, 7) is 0.608. The highest BCUT2D eigenvalue weighted by atomic mass is 35.5. The third-order valence-electron chi connectivity index (χ3n) is 2.69. The molecule has 0 aliphatic carbocycles. The molecule has 1 aromatic heterocycles. The number of carbonyl (C=O) groups is 1. The molecule has 2 aromatic rings. The molecule has 0 spiro atoms. The molecule has 1 N–H and O–H groups in total. The monoisotopic (exact) mass is 326 g/mol. The first-order chi connectivity index (χ1) is 9.69. The van der Waals surface area contributed by atoms with Crippen LogP contribution >= 0.6 is 35.6 Å². The van der Waals surface area contributed by atoms with E-state index in [9.17, 15) is 4.79 Å². The van der Waals surface area contributed by atoms with E-state index in [1.807, 2.05) is 29.6 Å². The van der Waals surface area contributed by atoms with E-state index in [1.165, 1.54) is 0 Å². The molecule has 3 nitrogen and oxygen atoms in total. The Morgan fingerprint density at radius 3 is 2.80 bits per heavy atom. The fraction of sp³-hybridized carbons (Fsp3) is 0.286. The van der Waals surface area contributed by atoms with Gasteiger partial charge in [0.2, 0.25) is 5.91 Å². The molecule has 0 atom stereocenters. The minimum atomic E-state index is 0.0353. The number of benzene rings is 1. The van der Waals surface area contributed by atoms with E-state index >= 15 is 0 Å². The van der Waals surface area contributed by atoms with Crippen molar-refractivity contribution in [3.63, 3.8) is 0 Å². The molecule has 6 heteroatoms. The Hall–Kier alpha value is -1.04. The van der Waals surface area contributed by atoms with Gasteiger partial charge in [0.25, 0.3) is 0 Å². The number of thiol groups is 1. The standard InChI is InChI=1S/C14H15ClN2OS2/c15-11-3-1-10(2-4-11)14-17-12(9-20-14)5-7-16-13(18)6-8-19/h1-4,9,19H,5-8H2,(H,16,18). The van der Waals surface area contributed by atoms with E-state index < -0.39 is 0 Å². The van der Waals surface area contributed by atoms with Gasteiger partial charge in [0.05, 0.1) is 5.69 Å². The van der Waals surface area contributed by atoms with Crippen molar-refractivity contribution in [2.24, 2.45) is 0 Å². The van der Waals surface area contributed by atoms with Crippen molar-refractivity contribution >= 4 is 41.5 Å². The highest BCUT2D eigenvalue weighted by Crippen LogP contribution is 2.25. The van der Waals surface area contributed by atoms with Crippen LogP contribution in [0, 0.1) is 0 Å². The molecular weight excluding hydrogens is 312 g/mol. The van der Waals surface area contributed by atoms with Crippen molar-refractivity contribution in [1.82, 2.24) is 10.3 Å². The van der Waals surface area contributed by atoms with Gasteiger partial charge in [-0.05, 0) is 17.9 Å². The van der Waals surface area contributed by atoms with Crippen LogP contribution in [0.15, 0.2) is 29.6 Å². The SMILES string of the molecule is O=C(CCS)NCCc1csc(-c2ccc(Cl)cc2)n1. The van der Waals surface area contributed by atoms with E-state index in [2.05, 4.69) is 22.9 Å². The van der Waals surface area contributed by atoms with Gasteiger partial charge < -0.3 is 5.32 Å². The maximum atomic E-state index is 11.3. The van der Waals surface area contributed by atoms with Crippen LogP contribution in [0.1, 0.15) is 12.1 Å². The number of aromatic nitrogens is 1. The zero-order valence-corrected chi connectivity index (χ0v) is 13.3. The fourth-order valence-electron chi connectivity index (χ4n) is 1.67. The van der Waals surface area contributed by atoms with Crippen LogP contribution in [-0.4, -0.2) is 23.2 Å². The van der Waals surface area contributed by atoms with Crippen molar-refractivity contribution in [3.8, 4) is 10.6 Å². The lowest BCUT2D eigenvalue weighted by Crippen LogP contribution is -2.25. The molecule has 0 saturated heterocycles. The molecular formula is C14H15ClN2OS2.